The molecular weight excluding hydrogens is 328 g/mol. The predicted octanol–water partition coefficient (Wildman–Crippen LogP) is 3.76. The minimum Gasteiger partial charge on any atom is -0.491 e. The van der Waals surface area contributed by atoms with E-state index in [9.17, 15) is 0 Å². The van der Waals surface area contributed by atoms with Gasteiger partial charge in [0.1, 0.15) is 24.7 Å². The topological polar surface area (TPSA) is 58.9 Å². The van der Waals surface area contributed by atoms with Crippen molar-refractivity contribution in [3.05, 3.63) is 72.8 Å². The summed E-state index contributed by atoms with van der Waals surface area (Å²) >= 11 is 0. The molecule has 0 saturated heterocycles. The molecule has 0 saturated carbocycles. The summed E-state index contributed by atoms with van der Waals surface area (Å²) in [4.78, 5) is 0. The number of aliphatic hydroxyl groups is 2. The maximum Gasteiger partial charge on any atom is 0.127 e. The Bertz CT molecular complexity index is 757. The molecule has 2 N–H and O–H groups in total. The lowest BCUT2D eigenvalue weighted by Gasteiger charge is -2.13. The first kappa shape index (κ1) is 18.0. The van der Waals surface area contributed by atoms with Crippen molar-refractivity contribution in [2.24, 2.45) is 0 Å². The standard InChI is InChI=1S/C22H22O4/c23-13-15-25-21-7-3-1-5-19(21)17-9-11-18(12-10-17)20-6-2-4-8-22(20)26-16-14-24/h1-12,23-24H,13-16H2. The van der Waals surface area contributed by atoms with Crippen LogP contribution in [0.5, 0.6) is 11.5 Å². The van der Waals surface area contributed by atoms with Crippen LogP contribution in [0.1, 0.15) is 0 Å². The first-order valence-corrected chi connectivity index (χ1v) is 8.59. The van der Waals surface area contributed by atoms with E-state index in [1.807, 2.05) is 72.8 Å². The number of aliphatic hydroxyl groups excluding tert-OH is 2. The fourth-order valence-corrected chi connectivity index (χ4v) is 2.80. The van der Waals surface area contributed by atoms with Crippen molar-refractivity contribution in [3.8, 4) is 33.8 Å². The van der Waals surface area contributed by atoms with Crippen molar-refractivity contribution in [2.75, 3.05) is 26.4 Å². The molecule has 3 rings (SSSR count). The smallest absolute Gasteiger partial charge is 0.127 e. The Balaban J connectivity index is 1.89. The van der Waals surface area contributed by atoms with Gasteiger partial charge in [0.05, 0.1) is 13.2 Å². The summed E-state index contributed by atoms with van der Waals surface area (Å²) in [5.41, 5.74) is 4.04. The molecule has 0 aliphatic rings. The molecule has 26 heavy (non-hydrogen) atoms. The van der Waals surface area contributed by atoms with Crippen molar-refractivity contribution >= 4 is 0 Å². The minimum atomic E-state index is -0.0160. The van der Waals surface area contributed by atoms with Crippen LogP contribution in [0.15, 0.2) is 72.8 Å². The SMILES string of the molecule is OCCOc1ccccc1-c1ccc(-c2ccccc2OCCO)cc1. The van der Waals surface area contributed by atoms with Gasteiger partial charge in [-0.2, -0.15) is 0 Å². The molecule has 0 heterocycles. The molecule has 134 valence electrons. The Morgan fingerprint density at radius 1 is 0.538 bits per heavy atom. The number of hydrogen-bond donors (Lipinski definition) is 2. The van der Waals surface area contributed by atoms with Gasteiger partial charge in [-0.1, -0.05) is 60.7 Å². The van der Waals surface area contributed by atoms with Crippen LogP contribution in [0.3, 0.4) is 0 Å². The lowest BCUT2D eigenvalue weighted by molar-refractivity contribution is 0.202. The highest BCUT2D eigenvalue weighted by molar-refractivity contribution is 5.76. The fourth-order valence-electron chi connectivity index (χ4n) is 2.80. The summed E-state index contributed by atoms with van der Waals surface area (Å²) in [6.45, 7) is 0.505. The van der Waals surface area contributed by atoms with E-state index in [4.69, 9.17) is 19.7 Å². The van der Waals surface area contributed by atoms with Gasteiger partial charge in [-0.05, 0) is 23.3 Å². The Kier molecular flexibility index (Phi) is 6.25. The van der Waals surface area contributed by atoms with Crippen LogP contribution in [-0.2, 0) is 0 Å². The lowest BCUT2D eigenvalue weighted by atomic mass is 9.99. The van der Waals surface area contributed by atoms with Crippen LogP contribution in [0.4, 0.5) is 0 Å². The van der Waals surface area contributed by atoms with E-state index in [-0.39, 0.29) is 26.4 Å². The molecule has 3 aromatic rings. The van der Waals surface area contributed by atoms with Crippen molar-refractivity contribution in [2.45, 2.75) is 0 Å². The quantitative estimate of drug-likeness (QED) is 0.649. The molecule has 0 atom stereocenters. The Labute approximate surface area is 153 Å². The monoisotopic (exact) mass is 350 g/mol. The minimum absolute atomic E-state index is 0.0160. The molecule has 4 nitrogen and oxygen atoms in total. The number of rotatable bonds is 8. The number of benzene rings is 3. The van der Waals surface area contributed by atoms with Gasteiger partial charge in [0.2, 0.25) is 0 Å². The second kappa shape index (κ2) is 9.04. The van der Waals surface area contributed by atoms with Crippen LogP contribution < -0.4 is 9.47 Å². The highest BCUT2D eigenvalue weighted by Crippen LogP contribution is 2.34. The second-order valence-corrected chi connectivity index (χ2v) is 5.71. The summed E-state index contributed by atoms with van der Waals surface area (Å²) in [5.74, 6) is 1.50. The van der Waals surface area contributed by atoms with Gasteiger partial charge in [-0.25, -0.2) is 0 Å². The van der Waals surface area contributed by atoms with Crippen LogP contribution in [0, 0.1) is 0 Å². The first-order valence-electron chi connectivity index (χ1n) is 8.59. The van der Waals surface area contributed by atoms with Gasteiger partial charge in [-0.15, -0.1) is 0 Å². The van der Waals surface area contributed by atoms with Crippen LogP contribution in [0.2, 0.25) is 0 Å². The zero-order valence-electron chi connectivity index (χ0n) is 14.5. The van der Waals surface area contributed by atoms with Gasteiger partial charge in [0, 0.05) is 11.1 Å². The number of ether oxygens (including phenoxy) is 2. The molecule has 0 unspecified atom stereocenters. The highest BCUT2D eigenvalue weighted by atomic mass is 16.5. The zero-order valence-corrected chi connectivity index (χ0v) is 14.5. The van der Waals surface area contributed by atoms with Gasteiger partial charge in [-0.3, -0.25) is 0 Å². The first-order chi connectivity index (χ1) is 12.8. The highest BCUT2D eigenvalue weighted by Gasteiger charge is 2.09. The van der Waals surface area contributed by atoms with E-state index in [2.05, 4.69) is 0 Å². The Morgan fingerprint density at radius 3 is 1.31 bits per heavy atom. The molecule has 0 fully saturated rings. The molecule has 0 radical (unpaired) electrons. The Morgan fingerprint density at radius 2 is 0.923 bits per heavy atom. The van der Waals surface area contributed by atoms with Crippen molar-refractivity contribution in [3.63, 3.8) is 0 Å². The van der Waals surface area contributed by atoms with Crippen molar-refractivity contribution in [1.82, 2.24) is 0 Å². The van der Waals surface area contributed by atoms with E-state index >= 15 is 0 Å². The largest absolute Gasteiger partial charge is 0.491 e. The fraction of sp³-hybridized carbons (Fsp3) is 0.182. The van der Waals surface area contributed by atoms with E-state index in [0.717, 1.165) is 33.8 Å². The third-order valence-electron chi connectivity index (χ3n) is 3.98. The van der Waals surface area contributed by atoms with Crippen LogP contribution in [-0.4, -0.2) is 36.6 Å². The summed E-state index contributed by atoms with van der Waals surface area (Å²) in [6.07, 6.45) is 0. The molecule has 0 aromatic heterocycles. The van der Waals surface area contributed by atoms with E-state index in [0.29, 0.717) is 0 Å². The third kappa shape index (κ3) is 4.23. The summed E-state index contributed by atoms with van der Waals surface area (Å²) in [5, 5.41) is 18.0. The summed E-state index contributed by atoms with van der Waals surface area (Å²) < 4.78 is 11.3. The third-order valence-corrected chi connectivity index (χ3v) is 3.98. The maximum atomic E-state index is 8.99. The summed E-state index contributed by atoms with van der Waals surface area (Å²) in [6, 6.07) is 23.7. The lowest BCUT2D eigenvalue weighted by Crippen LogP contribution is -2.02. The van der Waals surface area contributed by atoms with E-state index in [1.54, 1.807) is 0 Å². The van der Waals surface area contributed by atoms with Crippen LogP contribution >= 0.6 is 0 Å². The van der Waals surface area contributed by atoms with Gasteiger partial charge in [0.25, 0.3) is 0 Å². The average molecular weight is 350 g/mol. The zero-order chi connectivity index (χ0) is 18.2. The molecule has 0 bridgehead atoms. The molecule has 4 heteroatoms. The van der Waals surface area contributed by atoms with E-state index < -0.39 is 0 Å². The summed E-state index contributed by atoms with van der Waals surface area (Å²) in [7, 11) is 0. The van der Waals surface area contributed by atoms with Gasteiger partial charge in [0.15, 0.2) is 0 Å². The maximum absolute atomic E-state index is 8.99. The number of para-hydroxylation sites is 2. The van der Waals surface area contributed by atoms with Crippen molar-refractivity contribution < 1.29 is 19.7 Å². The predicted molar refractivity (Wildman–Crippen MR) is 102 cm³/mol. The van der Waals surface area contributed by atoms with Gasteiger partial charge < -0.3 is 19.7 Å². The Hall–Kier alpha value is -2.82. The van der Waals surface area contributed by atoms with Gasteiger partial charge >= 0.3 is 0 Å². The molecule has 0 spiro atoms. The number of hydrogen-bond acceptors (Lipinski definition) is 4. The van der Waals surface area contributed by atoms with Crippen LogP contribution in [0.25, 0.3) is 22.3 Å². The van der Waals surface area contributed by atoms with Crippen molar-refractivity contribution in [1.29, 1.82) is 0 Å². The molecule has 3 aromatic carbocycles. The average Bonchev–Trinajstić information content (AvgIpc) is 2.71. The molecule has 0 amide bonds. The van der Waals surface area contributed by atoms with E-state index in [1.165, 1.54) is 0 Å². The molecule has 0 aliphatic heterocycles. The molecule has 0 aliphatic carbocycles. The second-order valence-electron chi connectivity index (χ2n) is 5.71. The normalized spacial score (nSPS) is 10.5. The molecular formula is C22H22O4.